The van der Waals surface area contributed by atoms with Crippen molar-refractivity contribution in [3.05, 3.63) is 32.6 Å². The molecule has 1 N–H and O–H groups in total. The molecule has 0 unspecified atom stereocenters. The zero-order valence-electron chi connectivity index (χ0n) is 11.2. The van der Waals surface area contributed by atoms with Crippen LogP contribution in [0.4, 0.5) is 0 Å². The highest BCUT2D eigenvalue weighted by Crippen LogP contribution is 2.17. The van der Waals surface area contributed by atoms with Crippen LogP contribution < -0.4 is 11.2 Å². The van der Waals surface area contributed by atoms with Gasteiger partial charge in [0.15, 0.2) is 0 Å². The summed E-state index contributed by atoms with van der Waals surface area (Å²) in [6.07, 6.45) is 1.27. The van der Waals surface area contributed by atoms with Crippen LogP contribution in [0, 0.1) is 0 Å². The molecule has 104 valence electrons. The lowest BCUT2D eigenvalue weighted by molar-refractivity contribution is -0.0764. The molecule has 7 heteroatoms. The van der Waals surface area contributed by atoms with Gasteiger partial charge in [-0.25, -0.2) is 4.79 Å². The number of H-pyrrole nitrogens is 1. The third-order valence-electron chi connectivity index (χ3n) is 3.05. The van der Waals surface area contributed by atoms with Crippen molar-refractivity contribution in [2.75, 3.05) is 19.7 Å². The summed E-state index contributed by atoms with van der Waals surface area (Å²) < 4.78 is 6.70. The first-order valence-electron chi connectivity index (χ1n) is 6.03. The molecular formula is C12H17N3O4. The van der Waals surface area contributed by atoms with Crippen molar-refractivity contribution in [1.82, 2.24) is 14.5 Å². The molecule has 1 aromatic rings. The second-order valence-electron chi connectivity index (χ2n) is 5.25. The Balaban J connectivity index is 2.32. The van der Waals surface area contributed by atoms with E-state index in [1.165, 1.54) is 17.8 Å². The normalized spacial score (nSPS) is 18.4. The number of rotatable bonds is 1. The van der Waals surface area contributed by atoms with Crippen LogP contribution in [0.1, 0.15) is 24.2 Å². The molecule has 1 aromatic heterocycles. The van der Waals surface area contributed by atoms with Gasteiger partial charge < -0.3 is 14.2 Å². The van der Waals surface area contributed by atoms with E-state index in [9.17, 15) is 14.4 Å². The van der Waals surface area contributed by atoms with Gasteiger partial charge >= 0.3 is 5.69 Å². The van der Waals surface area contributed by atoms with Crippen molar-refractivity contribution in [3.63, 3.8) is 0 Å². The molecule has 0 saturated carbocycles. The van der Waals surface area contributed by atoms with Crippen molar-refractivity contribution in [1.29, 1.82) is 0 Å². The van der Waals surface area contributed by atoms with Crippen molar-refractivity contribution < 1.29 is 9.53 Å². The molecule has 1 saturated heterocycles. The van der Waals surface area contributed by atoms with Crippen LogP contribution >= 0.6 is 0 Å². The standard InChI is InChI=1S/C12H17N3O4/c1-12(2)7-15(4-5-19-12)10(17)8-6-14(3)11(18)13-9(8)16/h6H,4-5,7H2,1-3H3,(H,13,16,18). The minimum Gasteiger partial charge on any atom is -0.372 e. The fourth-order valence-corrected chi connectivity index (χ4v) is 2.08. The first kappa shape index (κ1) is 13.5. The number of nitrogens with one attached hydrogen (secondary N) is 1. The monoisotopic (exact) mass is 267 g/mol. The van der Waals surface area contributed by atoms with E-state index >= 15 is 0 Å². The van der Waals surface area contributed by atoms with Crippen molar-refractivity contribution in [2.24, 2.45) is 7.05 Å². The highest BCUT2D eigenvalue weighted by Gasteiger charge is 2.31. The van der Waals surface area contributed by atoms with E-state index in [-0.39, 0.29) is 11.5 Å². The lowest BCUT2D eigenvalue weighted by Crippen LogP contribution is -2.51. The third-order valence-corrected chi connectivity index (χ3v) is 3.05. The summed E-state index contributed by atoms with van der Waals surface area (Å²) in [6, 6.07) is 0. The molecule has 1 amide bonds. The number of ether oxygens (including phenoxy) is 1. The second kappa shape index (κ2) is 4.65. The molecular weight excluding hydrogens is 250 g/mol. The number of aromatic amines is 1. The summed E-state index contributed by atoms with van der Waals surface area (Å²) in [5, 5.41) is 0. The number of hydrogen-bond acceptors (Lipinski definition) is 4. The average Bonchev–Trinajstić information content (AvgIpc) is 2.31. The summed E-state index contributed by atoms with van der Waals surface area (Å²) in [5.74, 6) is -0.381. The predicted octanol–water partition coefficient (Wildman–Crippen LogP) is -0.675. The van der Waals surface area contributed by atoms with Crippen LogP contribution in [0.25, 0.3) is 0 Å². The van der Waals surface area contributed by atoms with Crippen molar-refractivity contribution in [2.45, 2.75) is 19.4 Å². The summed E-state index contributed by atoms with van der Waals surface area (Å²) in [6.45, 7) is 5.05. The van der Waals surface area contributed by atoms with Gasteiger partial charge in [-0.1, -0.05) is 0 Å². The van der Waals surface area contributed by atoms with Crippen LogP contribution in [0.5, 0.6) is 0 Å². The molecule has 1 aliphatic heterocycles. The number of hydrogen-bond donors (Lipinski definition) is 1. The molecule has 7 nitrogen and oxygen atoms in total. The van der Waals surface area contributed by atoms with Crippen molar-refractivity contribution in [3.8, 4) is 0 Å². The summed E-state index contributed by atoms with van der Waals surface area (Å²) >= 11 is 0. The van der Waals surface area contributed by atoms with Gasteiger partial charge in [0.25, 0.3) is 11.5 Å². The van der Waals surface area contributed by atoms with Crippen LogP contribution in [-0.2, 0) is 11.8 Å². The Bertz CT molecular complexity index is 614. The summed E-state index contributed by atoms with van der Waals surface area (Å²) in [5.41, 5.74) is -1.65. The van der Waals surface area contributed by atoms with E-state index in [2.05, 4.69) is 4.98 Å². The minimum atomic E-state index is -0.655. The Morgan fingerprint density at radius 3 is 2.74 bits per heavy atom. The maximum atomic E-state index is 12.3. The van der Waals surface area contributed by atoms with Gasteiger partial charge in [-0.2, -0.15) is 0 Å². The average molecular weight is 267 g/mol. The second-order valence-corrected chi connectivity index (χ2v) is 5.25. The van der Waals surface area contributed by atoms with E-state index in [0.29, 0.717) is 19.7 Å². The van der Waals surface area contributed by atoms with Gasteiger partial charge in [0.2, 0.25) is 0 Å². The molecule has 1 fully saturated rings. The number of aryl methyl sites for hydroxylation is 1. The molecule has 0 bridgehead atoms. The number of aromatic nitrogens is 2. The SMILES string of the molecule is Cn1cc(C(=O)N2CCOC(C)(C)C2)c(=O)[nH]c1=O. The van der Waals surface area contributed by atoms with E-state index < -0.39 is 16.9 Å². The van der Waals surface area contributed by atoms with Gasteiger partial charge in [0, 0.05) is 26.3 Å². The van der Waals surface area contributed by atoms with Gasteiger partial charge in [-0.15, -0.1) is 0 Å². The summed E-state index contributed by atoms with van der Waals surface area (Å²) in [4.78, 5) is 38.9. The fourth-order valence-electron chi connectivity index (χ4n) is 2.08. The number of carbonyl (C=O) groups excluding carboxylic acids is 1. The van der Waals surface area contributed by atoms with Crippen LogP contribution in [0.2, 0.25) is 0 Å². The van der Waals surface area contributed by atoms with E-state index in [4.69, 9.17) is 4.74 Å². The molecule has 2 rings (SSSR count). The molecule has 0 spiro atoms. The van der Waals surface area contributed by atoms with Crippen LogP contribution in [0.15, 0.2) is 15.8 Å². The number of amides is 1. The topological polar surface area (TPSA) is 84.4 Å². The Labute approximate surface area is 109 Å². The van der Waals surface area contributed by atoms with Gasteiger partial charge in [-0.3, -0.25) is 14.6 Å². The molecule has 0 atom stereocenters. The predicted molar refractivity (Wildman–Crippen MR) is 68.2 cm³/mol. The smallest absolute Gasteiger partial charge is 0.328 e. The Morgan fingerprint density at radius 1 is 1.42 bits per heavy atom. The zero-order chi connectivity index (χ0) is 14.2. The van der Waals surface area contributed by atoms with E-state index in [1.54, 1.807) is 4.90 Å². The van der Waals surface area contributed by atoms with E-state index in [0.717, 1.165) is 0 Å². The summed E-state index contributed by atoms with van der Waals surface area (Å²) in [7, 11) is 1.48. The Morgan fingerprint density at radius 2 is 2.11 bits per heavy atom. The zero-order valence-corrected chi connectivity index (χ0v) is 11.2. The first-order valence-corrected chi connectivity index (χ1v) is 6.03. The van der Waals surface area contributed by atoms with Gasteiger partial charge in [0.05, 0.1) is 12.2 Å². The van der Waals surface area contributed by atoms with Crippen LogP contribution in [-0.4, -0.2) is 45.7 Å². The van der Waals surface area contributed by atoms with E-state index in [1.807, 2.05) is 13.8 Å². The lowest BCUT2D eigenvalue weighted by Gasteiger charge is -2.38. The Kier molecular flexibility index (Phi) is 3.32. The third kappa shape index (κ3) is 2.76. The molecule has 0 radical (unpaired) electrons. The molecule has 19 heavy (non-hydrogen) atoms. The number of morpholine rings is 1. The van der Waals surface area contributed by atoms with Gasteiger partial charge in [-0.05, 0) is 13.8 Å². The maximum Gasteiger partial charge on any atom is 0.328 e. The van der Waals surface area contributed by atoms with Crippen molar-refractivity contribution >= 4 is 5.91 Å². The number of carbonyl (C=O) groups is 1. The first-order chi connectivity index (χ1) is 8.80. The maximum absolute atomic E-state index is 12.3. The van der Waals surface area contributed by atoms with Gasteiger partial charge in [0.1, 0.15) is 5.56 Å². The fraction of sp³-hybridized carbons (Fsp3) is 0.583. The van der Waals surface area contributed by atoms with Crippen LogP contribution in [0.3, 0.4) is 0 Å². The lowest BCUT2D eigenvalue weighted by atomic mass is 10.1. The number of nitrogens with zero attached hydrogens (tertiary/aromatic N) is 2. The largest absolute Gasteiger partial charge is 0.372 e. The Hall–Kier alpha value is -1.89. The quantitative estimate of drug-likeness (QED) is 0.731. The molecule has 2 heterocycles. The molecule has 0 aromatic carbocycles. The minimum absolute atomic E-state index is 0.0280. The highest BCUT2D eigenvalue weighted by molar-refractivity contribution is 5.93. The molecule has 0 aliphatic carbocycles. The highest BCUT2D eigenvalue weighted by atomic mass is 16.5. The molecule has 1 aliphatic rings.